The van der Waals surface area contributed by atoms with E-state index >= 15 is 0 Å². The van der Waals surface area contributed by atoms with Crippen molar-refractivity contribution in [2.45, 2.75) is 52.9 Å². The predicted octanol–water partition coefficient (Wildman–Crippen LogP) is 3.85. The lowest BCUT2D eigenvalue weighted by Crippen LogP contribution is -2.23. The minimum absolute atomic E-state index is 1.20. The molecule has 0 spiro atoms. The first-order valence-electron chi connectivity index (χ1n) is 6.18. The van der Waals surface area contributed by atoms with E-state index in [0.29, 0.717) is 0 Å². The molecule has 0 radical (unpaired) electrons. The van der Waals surface area contributed by atoms with Crippen LogP contribution in [0.5, 0.6) is 0 Å². The second kappa shape index (κ2) is 10.8. The van der Waals surface area contributed by atoms with Crippen LogP contribution >= 0.6 is 0 Å². The molecule has 0 aliphatic rings. The molecule has 0 saturated carbocycles. The Balaban J connectivity index is 3.12. The lowest BCUT2D eigenvalue weighted by molar-refractivity contribution is 0.295. The molecule has 0 fully saturated rings. The Labute approximate surface area is 90.2 Å². The topological polar surface area (TPSA) is 3.24 Å². The molecule has 0 aromatic carbocycles. The Morgan fingerprint density at radius 2 is 1.57 bits per heavy atom. The molecule has 1 heteroatoms. The summed E-state index contributed by atoms with van der Waals surface area (Å²) in [5.74, 6) is 0. The molecule has 0 unspecified atom stereocenters. The molecule has 0 aliphatic carbocycles. The molecule has 0 saturated heterocycles. The van der Waals surface area contributed by atoms with Crippen LogP contribution in [0.2, 0.25) is 0 Å². The fraction of sp³-hybridized carbons (Fsp3) is 0.846. The molecule has 0 bridgehead atoms. The molecule has 0 N–H and O–H groups in total. The maximum atomic E-state index is 2.51. The average Bonchev–Trinajstić information content (AvgIpc) is 2.22. The first kappa shape index (κ1) is 13.7. The number of allylic oxidation sites excluding steroid dienone is 2. The van der Waals surface area contributed by atoms with Gasteiger partial charge in [0.15, 0.2) is 0 Å². The Morgan fingerprint density at radius 1 is 0.929 bits per heavy atom. The number of nitrogens with zero attached hydrogens (tertiary/aromatic N) is 1. The summed E-state index contributed by atoms with van der Waals surface area (Å²) >= 11 is 0. The van der Waals surface area contributed by atoms with E-state index in [1.54, 1.807) is 0 Å². The number of hydrogen-bond donors (Lipinski definition) is 0. The van der Waals surface area contributed by atoms with Gasteiger partial charge in [-0.2, -0.15) is 0 Å². The molecule has 14 heavy (non-hydrogen) atoms. The van der Waals surface area contributed by atoms with E-state index in [2.05, 4.69) is 37.8 Å². The van der Waals surface area contributed by atoms with Crippen LogP contribution in [0.3, 0.4) is 0 Å². The van der Waals surface area contributed by atoms with E-state index in [9.17, 15) is 0 Å². The van der Waals surface area contributed by atoms with Gasteiger partial charge in [-0.3, -0.25) is 0 Å². The molecule has 0 atom stereocenters. The molecule has 0 aliphatic heterocycles. The summed E-state index contributed by atoms with van der Waals surface area (Å²) in [6.07, 6.45) is 11.2. The van der Waals surface area contributed by atoms with Crippen molar-refractivity contribution in [1.82, 2.24) is 4.90 Å². The van der Waals surface area contributed by atoms with Crippen LogP contribution in [0.15, 0.2) is 12.2 Å². The number of rotatable bonds is 9. The molecule has 0 heterocycles. The molecule has 0 rings (SSSR count). The van der Waals surface area contributed by atoms with Crippen LogP contribution in [0, 0.1) is 0 Å². The SMILES string of the molecule is C/C=C/CCCCCCN(CC)CC. The fourth-order valence-corrected chi connectivity index (χ4v) is 1.66. The summed E-state index contributed by atoms with van der Waals surface area (Å²) in [6.45, 7) is 10.3. The summed E-state index contributed by atoms with van der Waals surface area (Å²) in [7, 11) is 0. The van der Waals surface area contributed by atoms with Crippen LogP contribution in [0.1, 0.15) is 52.9 Å². The van der Waals surface area contributed by atoms with Crippen molar-refractivity contribution in [3.05, 3.63) is 12.2 Å². The van der Waals surface area contributed by atoms with E-state index in [1.165, 1.54) is 51.7 Å². The Morgan fingerprint density at radius 3 is 2.14 bits per heavy atom. The molecular weight excluding hydrogens is 170 g/mol. The number of unbranched alkanes of at least 4 members (excludes halogenated alkanes) is 4. The molecule has 84 valence electrons. The molecule has 1 nitrogen and oxygen atoms in total. The third-order valence-corrected chi connectivity index (χ3v) is 2.73. The van der Waals surface area contributed by atoms with Crippen LogP contribution in [0.4, 0.5) is 0 Å². The van der Waals surface area contributed by atoms with Gasteiger partial charge in [0, 0.05) is 0 Å². The summed E-state index contributed by atoms with van der Waals surface area (Å²) in [6, 6.07) is 0. The van der Waals surface area contributed by atoms with Gasteiger partial charge in [0.25, 0.3) is 0 Å². The highest BCUT2D eigenvalue weighted by Crippen LogP contribution is 2.04. The highest BCUT2D eigenvalue weighted by Gasteiger charge is 1.97. The minimum atomic E-state index is 1.20. The van der Waals surface area contributed by atoms with Gasteiger partial charge in [0.1, 0.15) is 0 Å². The third kappa shape index (κ3) is 8.31. The van der Waals surface area contributed by atoms with E-state index < -0.39 is 0 Å². The maximum absolute atomic E-state index is 2.51. The van der Waals surface area contributed by atoms with Crippen molar-refractivity contribution >= 4 is 0 Å². The smallest absolute Gasteiger partial charge is 0.00190 e. The van der Waals surface area contributed by atoms with Crippen molar-refractivity contribution in [3.8, 4) is 0 Å². The van der Waals surface area contributed by atoms with E-state index in [1.807, 2.05) is 0 Å². The summed E-state index contributed by atoms with van der Waals surface area (Å²) in [4.78, 5) is 2.51. The Kier molecular flexibility index (Phi) is 10.5. The van der Waals surface area contributed by atoms with Gasteiger partial charge in [-0.25, -0.2) is 0 Å². The van der Waals surface area contributed by atoms with E-state index in [4.69, 9.17) is 0 Å². The first-order valence-corrected chi connectivity index (χ1v) is 6.18. The first-order chi connectivity index (χ1) is 6.85. The van der Waals surface area contributed by atoms with Crippen LogP contribution in [-0.2, 0) is 0 Å². The lowest BCUT2D eigenvalue weighted by Gasteiger charge is -2.17. The van der Waals surface area contributed by atoms with Crippen molar-refractivity contribution in [2.24, 2.45) is 0 Å². The minimum Gasteiger partial charge on any atom is -0.304 e. The second-order valence-corrected chi connectivity index (χ2v) is 3.80. The van der Waals surface area contributed by atoms with Crippen molar-refractivity contribution < 1.29 is 0 Å². The summed E-state index contributed by atoms with van der Waals surface area (Å²) in [5, 5.41) is 0. The van der Waals surface area contributed by atoms with Crippen LogP contribution in [0.25, 0.3) is 0 Å². The Hall–Kier alpha value is -0.300. The zero-order chi connectivity index (χ0) is 10.6. The van der Waals surface area contributed by atoms with E-state index in [0.717, 1.165) is 0 Å². The summed E-state index contributed by atoms with van der Waals surface area (Å²) < 4.78 is 0. The van der Waals surface area contributed by atoms with Crippen molar-refractivity contribution in [3.63, 3.8) is 0 Å². The van der Waals surface area contributed by atoms with Crippen molar-refractivity contribution in [1.29, 1.82) is 0 Å². The lowest BCUT2D eigenvalue weighted by atomic mass is 10.1. The normalized spacial score (nSPS) is 11.7. The van der Waals surface area contributed by atoms with Crippen LogP contribution < -0.4 is 0 Å². The Bertz CT molecular complexity index is 125. The monoisotopic (exact) mass is 197 g/mol. The largest absolute Gasteiger partial charge is 0.304 e. The molecule has 0 aromatic heterocycles. The van der Waals surface area contributed by atoms with E-state index in [-0.39, 0.29) is 0 Å². The zero-order valence-electron chi connectivity index (χ0n) is 10.3. The van der Waals surface area contributed by atoms with Crippen molar-refractivity contribution in [2.75, 3.05) is 19.6 Å². The van der Waals surface area contributed by atoms with Gasteiger partial charge >= 0.3 is 0 Å². The molecular formula is C13H27N. The highest BCUT2D eigenvalue weighted by molar-refractivity contribution is 4.76. The molecule has 0 amide bonds. The van der Waals surface area contributed by atoms with Gasteiger partial charge in [0.2, 0.25) is 0 Å². The number of hydrogen-bond acceptors (Lipinski definition) is 1. The quantitative estimate of drug-likeness (QED) is 0.401. The van der Waals surface area contributed by atoms with Gasteiger partial charge in [0.05, 0.1) is 0 Å². The maximum Gasteiger partial charge on any atom is -0.00190 e. The van der Waals surface area contributed by atoms with Gasteiger partial charge in [-0.15, -0.1) is 0 Å². The van der Waals surface area contributed by atoms with Gasteiger partial charge in [-0.1, -0.05) is 38.8 Å². The predicted molar refractivity (Wildman–Crippen MR) is 65.7 cm³/mol. The third-order valence-electron chi connectivity index (χ3n) is 2.73. The van der Waals surface area contributed by atoms with Gasteiger partial charge in [-0.05, 0) is 45.8 Å². The van der Waals surface area contributed by atoms with Crippen LogP contribution in [-0.4, -0.2) is 24.5 Å². The second-order valence-electron chi connectivity index (χ2n) is 3.80. The standard InChI is InChI=1S/C13H27N/c1-4-7-8-9-10-11-12-13-14(5-2)6-3/h4,7H,5-6,8-13H2,1-3H3/b7-4+. The highest BCUT2D eigenvalue weighted by atomic mass is 15.1. The van der Waals surface area contributed by atoms with Gasteiger partial charge < -0.3 is 4.90 Å². The molecule has 0 aromatic rings. The fourth-order valence-electron chi connectivity index (χ4n) is 1.66. The zero-order valence-corrected chi connectivity index (χ0v) is 10.3. The summed E-state index contributed by atoms with van der Waals surface area (Å²) in [5.41, 5.74) is 0. The average molecular weight is 197 g/mol.